The van der Waals surface area contributed by atoms with Gasteiger partial charge in [-0.25, -0.2) is 4.98 Å². The van der Waals surface area contributed by atoms with Crippen LogP contribution in [0, 0.1) is 0 Å². The summed E-state index contributed by atoms with van der Waals surface area (Å²) in [4.78, 5) is 15.7. The number of phenols is 1. The van der Waals surface area contributed by atoms with Gasteiger partial charge in [0.2, 0.25) is 0 Å². The van der Waals surface area contributed by atoms with Crippen molar-refractivity contribution in [1.29, 1.82) is 0 Å². The van der Waals surface area contributed by atoms with E-state index in [9.17, 15) is 9.90 Å². The number of aromatic nitrogens is 1. The summed E-state index contributed by atoms with van der Waals surface area (Å²) >= 11 is 11.6. The van der Waals surface area contributed by atoms with Gasteiger partial charge in [-0.1, -0.05) is 23.2 Å². The lowest BCUT2D eigenvalue weighted by Gasteiger charge is -2.07. The minimum Gasteiger partial charge on any atom is -0.508 e. The summed E-state index contributed by atoms with van der Waals surface area (Å²) in [6, 6.07) is 7.25. The molecule has 1 aromatic heterocycles. The maximum absolute atomic E-state index is 11.9. The number of anilines is 1. The molecule has 0 aliphatic carbocycles. The zero-order valence-electron chi connectivity index (χ0n) is 9.02. The molecule has 0 bridgehead atoms. The highest BCUT2D eigenvalue weighted by Crippen LogP contribution is 2.22. The predicted molar refractivity (Wildman–Crippen MR) is 70.3 cm³/mol. The number of phenolic OH excluding ortho intramolecular Hbond substituents is 1. The second kappa shape index (κ2) is 5.25. The SMILES string of the molecule is O=C(Nc1ccnc(Cl)c1)c1cc(O)ccc1Cl. The average Bonchev–Trinajstić information content (AvgIpc) is 2.32. The van der Waals surface area contributed by atoms with Crippen LogP contribution in [0.5, 0.6) is 5.75 Å². The van der Waals surface area contributed by atoms with Crippen molar-refractivity contribution in [3.05, 3.63) is 52.3 Å². The summed E-state index contributed by atoms with van der Waals surface area (Å²) in [7, 11) is 0. The van der Waals surface area contributed by atoms with Gasteiger partial charge in [0.15, 0.2) is 0 Å². The van der Waals surface area contributed by atoms with E-state index in [0.29, 0.717) is 5.69 Å². The molecule has 0 aliphatic rings. The number of pyridine rings is 1. The topological polar surface area (TPSA) is 62.2 Å². The van der Waals surface area contributed by atoms with E-state index >= 15 is 0 Å². The number of amides is 1. The third-order valence-corrected chi connectivity index (χ3v) is 2.72. The molecule has 0 saturated carbocycles. The van der Waals surface area contributed by atoms with Crippen molar-refractivity contribution in [2.24, 2.45) is 0 Å². The van der Waals surface area contributed by atoms with Gasteiger partial charge in [-0.05, 0) is 30.3 Å². The first-order valence-corrected chi connectivity index (χ1v) is 5.73. The molecule has 2 aromatic rings. The van der Waals surface area contributed by atoms with Crippen LogP contribution in [0.25, 0.3) is 0 Å². The summed E-state index contributed by atoms with van der Waals surface area (Å²) in [6.45, 7) is 0. The van der Waals surface area contributed by atoms with Crippen LogP contribution in [-0.4, -0.2) is 16.0 Å². The number of aromatic hydroxyl groups is 1. The zero-order valence-corrected chi connectivity index (χ0v) is 10.5. The Morgan fingerprint density at radius 3 is 2.72 bits per heavy atom. The number of halogens is 2. The smallest absolute Gasteiger partial charge is 0.257 e. The highest BCUT2D eigenvalue weighted by Gasteiger charge is 2.11. The molecule has 0 fully saturated rings. The van der Waals surface area contributed by atoms with Crippen molar-refractivity contribution in [2.45, 2.75) is 0 Å². The average molecular weight is 283 g/mol. The lowest BCUT2D eigenvalue weighted by atomic mass is 10.2. The maximum Gasteiger partial charge on any atom is 0.257 e. The quantitative estimate of drug-likeness (QED) is 0.831. The second-order valence-corrected chi connectivity index (χ2v) is 4.28. The summed E-state index contributed by atoms with van der Waals surface area (Å²) in [5.74, 6) is -0.463. The monoisotopic (exact) mass is 282 g/mol. The Hall–Kier alpha value is -1.78. The van der Waals surface area contributed by atoms with Crippen molar-refractivity contribution < 1.29 is 9.90 Å². The fourth-order valence-corrected chi connectivity index (χ4v) is 1.74. The Labute approximate surface area is 113 Å². The van der Waals surface area contributed by atoms with Crippen LogP contribution in [0.3, 0.4) is 0 Å². The van der Waals surface area contributed by atoms with E-state index in [-0.39, 0.29) is 21.5 Å². The molecule has 0 atom stereocenters. The Morgan fingerprint density at radius 1 is 1.22 bits per heavy atom. The Bertz CT molecular complexity index is 602. The molecule has 1 heterocycles. The Kier molecular flexibility index (Phi) is 3.69. The molecule has 0 radical (unpaired) electrons. The summed E-state index contributed by atoms with van der Waals surface area (Å²) in [6.07, 6.45) is 1.47. The summed E-state index contributed by atoms with van der Waals surface area (Å²) < 4.78 is 0. The highest BCUT2D eigenvalue weighted by molar-refractivity contribution is 6.34. The zero-order chi connectivity index (χ0) is 13.1. The van der Waals surface area contributed by atoms with Gasteiger partial charge < -0.3 is 10.4 Å². The summed E-state index contributed by atoms with van der Waals surface area (Å²) in [5, 5.41) is 12.5. The molecule has 2 N–H and O–H groups in total. The van der Waals surface area contributed by atoms with Crippen LogP contribution in [0.4, 0.5) is 5.69 Å². The third kappa shape index (κ3) is 2.91. The number of benzene rings is 1. The third-order valence-electron chi connectivity index (χ3n) is 2.18. The fraction of sp³-hybridized carbons (Fsp3) is 0. The van der Waals surface area contributed by atoms with Gasteiger partial charge in [0, 0.05) is 11.9 Å². The summed E-state index contributed by atoms with van der Waals surface area (Å²) in [5.41, 5.74) is 0.684. The number of rotatable bonds is 2. The van der Waals surface area contributed by atoms with Gasteiger partial charge in [0.25, 0.3) is 5.91 Å². The van der Waals surface area contributed by atoms with E-state index < -0.39 is 5.91 Å². The molecule has 6 heteroatoms. The van der Waals surface area contributed by atoms with Crippen molar-refractivity contribution in [1.82, 2.24) is 4.98 Å². The molecule has 0 aliphatic heterocycles. The molecule has 4 nitrogen and oxygen atoms in total. The number of carbonyl (C=O) groups excluding carboxylic acids is 1. The molecule has 0 saturated heterocycles. The highest BCUT2D eigenvalue weighted by atomic mass is 35.5. The lowest BCUT2D eigenvalue weighted by molar-refractivity contribution is 0.102. The van der Waals surface area contributed by atoms with Crippen molar-refractivity contribution in [2.75, 3.05) is 5.32 Å². The molecule has 2 rings (SSSR count). The van der Waals surface area contributed by atoms with Gasteiger partial charge >= 0.3 is 0 Å². The first-order valence-electron chi connectivity index (χ1n) is 4.97. The normalized spacial score (nSPS) is 10.1. The molecule has 1 amide bonds. The second-order valence-electron chi connectivity index (χ2n) is 3.49. The van der Waals surface area contributed by atoms with Gasteiger partial charge in [0.1, 0.15) is 10.9 Å². The molecule has 0 unspecified atom stereocenters. The maximum atomic E-state index is 11.9. The standard InChI is InChI=1S/C12H8Cl2N2O2/c13-10-2-1-8(17)6-9(10)12(18)16-7-3-4-15-11(14)5-7/h1-6,17H,(H,15,16,18). The van der Waals surface area contributed by atoms with Crippen LogP contribution in [0.1, 0.15) is 10.4 Å². The molecule has 92 valence electrons. The number of hydrogen-bond donors (Lipinski definition) is 2. The van der Waals surface area contributed by atoms with E-state index in [2.05, 4.69) is 10.3 Å². The first kappa shape index (κ1) is 12.7. The Balaban J connectivity index is 2.24. The number of carbonyl (C=O) groups is 1. The van der Waals surface area contributed by atoms with E-state index in [4.69, 9.17) is 23.2 Å². The van der Waals surface area contributed by atoms with Gasteiger partial charge in [-0.3, -0.25) is 4.79 Å². The van der Waals surface area contributed by atoms with E-state index in [1.54, 1.807) is 6.07 Å². The minimum absolute atomic E-state index is 0.0303. The van der Waals surface area contributed by atoms with Gasteiger partial charge in [-0.15, -0.1) is 0 Å². The number of nitrogens with zero attached hydrogens (tertiary/aromatic N) is 1. The molecular weight excluding hydrogens is 275 g/mol. The predicted octanol–water partition coefficient (Wildman–Crippen LogP) is 3.35. The van der Waals surface area contributed by atoms with E-state index in [0.717, 1.165) is 0 Å². The number of nitrogens with one attached hydrogen (secondary N) is 1. The fourth-order valence-electron chi connectivity index (χ4n) is 1.37. The van der Waals surface area contributed by atoms with Crippen LogP contribution in [0.15, 0.2) is 36.5 Å². The van der Waals surface area contributed by atoms with Crippen molar-refractivity contribution in [3.63, 3.8) is 0 Å². The molecule has 0 spiro atoms. The van der Waals surface area contributed by atoms with E-state index in [1.807, 2.05) is 0 Å². The molecule has 1 aromatic carbocycles. The van der Waals surface area contributed by atoms with Crippen LogP contribution in [0.2, 0.25) is 10.2 Å². The van der Waals surface area contributed by atoms with Crippen LogP contribution >= 0.6 is 23.2 Å². The van der Waals surface area contributed by atoms with Gasteiger partial charge in [0.05, 0.1) is 10.6 Å². The molecular formula is C12H8Cl2N2O2. The first-order chi connectivity index (χ1) is 8.56. The van der Waals surface area contributed by atoms with E-state index in [1.165, 1.54) is 30.5 Å². The largest absolute Gasteiger partial charge is 0.508 e. The Morgan fingerprint density at radius 2 is 2.00 bits per heavy atom. The number of hydrogen-bond acceptors (Lipinski definition) is 3. The lowest BCUT2D eigenvalue weighted by Crippen LogP contribution is -2.12. The van der Waals surface area contributed by atoms with Gasteiger partial charge in [-0.2, -0.15) is 0 Å². The molecule has 18 heavy (non-hydrogen) atoms. The minimum atomic E-state index is -0.432. The van der Waals surface area contributed by atoms with Crippen LogP contribution in [-0.2, 0) is 0 Å². The van der Waals surface area contributed by atoms with Crippen molar-refractivity contribution in [3.8, 4) is 5.75 Å². The van der Waals surface area contributed by atoms with Crippen molar-refractivity contribution >= 4 is 34.8 Å². The van der Waals surface area contributed by atoms with Crippen LogP contribution < -0.4 is 5.32 Å².